The van der Waals surface area contributed by atoms with Crippen molar-refractivity contribution in [2.75, 3.05) is 7.11 Å². The highest BCUT2D eigenvalue weighted by atomic mass is 16.6. The van der Waals surface area contributed by atoms with Crippen LogP contribution in [0.1, 0.15) is 16.9 Å². The average molecular weight is 247 g/mol. The van der Waals surface area contributed by atoms with E-state index in [4.69, 9.17) is 9.15 Å². The minimum atomic E-state index is -0.512. The monoisotopic (exact) mass is 247 g/mol. The topological polar surface area (TPSA) is 65.5 Å². The number of benzene rings is 1. The van der Waals surface area contributed by atoms with Crippen molar-refractivity contribution >= 4 is 17.0 Å². The Morgan fingerprint density at radius 1 is 1.39 bits per heavy atom. The molecule has 2 aromatic rings. The van der Waals surface area contributed by atoms with Gasteiger partial charge in [-0.2, -0.15) is 0 Å². The molecule has 0 bridgehead atoms. The molecule has 18 heavy (non-hydrogen) atoms. The fraction of sp³-hybridized carbons (Fsp3) is 0.231. The van der Waals surface area contributed by atoms with Crippen LogP contribution in [0.2, 0.25) is 0 Å². The highest BCUT2D eigenvalue weighted by molar-refractivity contribution is 5.86. The smallest absolute Gasteiger partial charge is 0.235 e. The summed E-state index contributed by atoms with van der Waals surface area (Å²) in [7, 11) is 1.53. The first-order chi connectivity index (χ1) is 8.52. The number of methoxy groups -OCH3 is 1. The van der Waals surface area contributed by atoms with Crippen molar-refractivity contribution in [1.82, 2.24) is 0 Å². The molecule has 0 N–H and O–H groups in total. The first kappa shape index (κ1) is 12.2. The van der Waals surface area contributed by atoms with E-state index in [1.54, 1.807) is 6.07 Å². The quantitative estimate of drug-likeness (QED) is 0.616. The molecule has 0 amide bonds. The van der Waals surface area contributed by atoms with E-state index in [2.05, 4.69) is 0 Å². The van der Waals surface area contributed by atoms with Gasteiger partial charge in [-0.05, 0) is 31.5 Å². The summed E-state index contributed by atoms with van der Waals surface area (Å²) in [5.41, 5.74) is 2.37. The van der Waals surface area contributed by atoms with Crippen LogP contribution in [-0.4, -0.2) is 12.0 Å². The summed E-state index contributed by atoms with van der Waals surface area (Å²) in [6, 6.07) is 3.58. The average Bonchev–Trinajstić information content (AvgIpc) is 2.61. The second kappa shape index (κ2) is 4.52. The number of hydrogen-bond donors (Lipinski definition) is 0. The molecule has 1 heterocycles. The molecule has 94 valence electrons. The number of fused-ring (bicyclic) bond motifs is 1. The molecule has 5 nitrogen and oxygen atoms in total. The van der Waals surface area contributed by atoms with E-state index in [1.165, 1.54) is 13.2 Å². The third-order valence-corrected chi connectivity index (χ3v) is 2.90. The third kappa shape index (κ3) is 2.07. The van der Waals surface area contributed by atoms with Crippen LogP contribution in [0.3, 0.4) is 0 Å². The van der Waals surface area contributed by atoms with Crippen LogP contribution in [0, 0.1) is 24.0 Å². The number of aryl methyl sites for hydroxylation is 2. The van der Waals surface area contributed by atoms with E-state index in [1.807, 2.05) is 19.9 Å². The zero-order valence-electron chi connectivity index (χ0n) is 10.4. The number of rotatable bonds is 3. The third-order valence-electron chi connectivity index (χ3n) is 2.90. The Labute approximate surface area is 104 Å². The normalized spacial score (nSPS) is 11.3. The lowest BCUT2D eigenvalue weighted by Crippen LogP contribution is -1.88. The van der Waals surface area contributed by atoms with E-state index < -0.39 is 4.92 Å². The van der Waals surface area contributed by atoms with Gasteiger partial charge in [0.15, 0.2) is 0 Å². The molecule has 0 unspecified atom stereocenters. The van der Waals surface area contributed by atoms with Crippen molar-refractivity contribution in [3.63, 3.8) is 0 Å². The lowest BCUT2D eigenvalue weighted by molar-refractivity contribution is -0.400. The van der Waals surface area contributed by atoms with Crippen molar-refractivity contribution in [3.8, 4) is 5.75 Å². The zero-order chi connectivity index (χ0) is 13.3. The summed E-state index contributed by atoms with van der Waals surface area (Å²) in [6.45, 7) is 3.85. The van der Waals surface area contributed by atoms with Gasteiger partial charge in [0.05, 0.1) is 12.0 Å². The predicted octanol–water partition coefficient (Wildman–Crippen LogP) is 3.31. The van der Waals surface area contributed by atoms with Gasteiger partial charge < -0.3 is 9.15 Å². The zero-order valence-corrected chi connectivity index (χ0v) is 10.4. The molecule has 0 saturated carbocycles. The molecule has 1 aromatic carbocycles. The molecule has 0 aliphatic carbocycles. The summed E-state index contributed by atoms with van der Waals surface area (Å²) < 4.78 is 10.8. The Kier molecular flexibility index (Phi) is 3.06. The number of nitro groups is 1. The summed E-state index contributed by atoms with van der Waals surface area (Å²) in [6.07, 6.45) is 2.28. The highest BCUT2D eigenvalue weighted by Crippen LogP contribution is 2.32. The van der Waals surface area contributed by atoms with E-state index in [0.717, 1.165) is 22.9 Å². The second-order valence-electron chi connectivity index (χ2n) is 3.97. The molecule has 0 spiro atoms. The Morgan fingerprint density at radius 3 is 2.72 bits per heavy atom. The molecule has 5 heteroatoms. The van der Waals surface area contributed by atoms with Crippen LogP contribution in [0.25, 0.3) is 17.0 Å². The van der Waals surface area contributed by atoms with Gasteiger partial charge in [-0.3, -0.25) is 10.1 Å². The SMILES string of the molecule is COc1cc2c(C)c(C)oc2cc1/C=C/[N+](=O)[O-]. The lowest BCUT2D eigenvalue weighted by Gasteiger charge is -2.04. The highest BCUT2D eigenvalue weighted by Gasteiger charge is 2.11. The van der Waals surface area contributed by atoms with Crippen LogP contribution in [0.4, 0.5) is 0 Å². The Balaban J connectivity index is 2.62. The first-order valence-corrected chi connectivity index (χ1v) is 5.42. The van der Waals surface area contributed by atoms with Crippen molar-refractivity contribution < 1.29 is 14.1 Å². The fourth-order valence-corrected chi connectivity index (χ4v) is 1.83. The van der Waals surface area contributed by atoms with Crippen LogP contribution >= 0.6 is 0 Å². The molecular formula is C13H13NO4. The fourth-order valence-electron chi connectivity index (χ4n) is 1.83. The first-order valence-electron chi connectivity index (χ1n) is 5.42. The molecule has 0 aliphatic heterocycles. The molecule has 0 radical (unpaired) electrons. The number of furan rings is 1. The summed E-state index contributed by atoms with van der Waals surface area (Å²) in [4.78, 5) is 9.84. The van der Waals surface area contributed by atoms with Crippen molar-refractivity contribution in [1.29, 1.82) is 0 Å². The van der Waals surface area contributed by atoms with E-state index >= 15 is 0 Å². The second-order valence-corrected chi connectivity index (χ2v) is 3.97. The van der Waals surface area contributed by atoms with Gasteiger partial charge in [-0.15, -0.1) is 0 Å². The molecule has 2 rings (SSSR count). The number of ether oxygens (including phenoxy) is 1. The van der Waals surface area contributed by atoms with Gasteiger partial charge in [-0.1, -0.05) is 0 Å². The van der Waals surface area contributed by atoms with Crippen LogP contribution in [0.5, 0.6) is 5.75 Å². The summed E-state index contributed by atoms with van der Waals surface area (Å²) >= 11 is 0. The number of hydrogen-bond acceptors (Lipinski definition) is 4. The summed E-state index contributed by atoms with van der Waals surface area (Å²) in [5, 5.41) is 11.3. The van der Waals surface area contributed by atoms with Crippen LogP contribution in [0.15, 0.2) is 22.7 Å². The lowest BCUT2D eigenvalue weighted by atomic mass is 10.1. The van der Waals surface area contributed by atoms with E-state index in [9.17, 15) is 10.1 Å². The molecular weight excluding hydrogens is 234 g/mol. The van der Waals surface area contributed by atoms with Gasteiger partial charge in [0.25, 0.3) is 0 Å². The standard InChI is InChI=1S/C13H13NO4/c1-8-9(2)18-13-6-10(4-5-14(15)16)12(17-3)7-11(8)13/h4-7H,1-3H3/b5-4+. The number of nitrogens with zero attached hydrogens (tertiary/aromatic N) is 1. The largest absolute Gasteiger partial charge is 0.496 e. The van der Waals surface area contributed by atoms with Gasteiger partial charge in [0, 0.05) is 17.0 Å². The van der Waals surface area contributed by atoms with Crippen LogP contribution < -0.4 is 4.74 Å². The Morgan fingerprint density at radius 2 is 2.11 bits per heavy atom. The van der Waals surface area contributed by atoms with Crippen molar-refractivity contribution in [2.45, 2.75) is 13.8 Å². The maximum atomic E-state index is 10.3. The van der Waals surface area contributed by atoms with Gasteiger partial charge in [0.2, 0.25) is 6.20 Å². The van der Waals surface area contributed by atoms with Gasteiger partial charge in [0.1, 0.15) is 17.1 Å². The molecule has 0 fully saturated rings. The molecule has 0 saturated heterocycles. The molecule has 0 aliphatic rings. The van der Waals surface area contributed by atoms with Crippen LogP contribution in [-0.2, 0) is 0 Å². The Hall–Kier alpha value is -2.30. The van der Waals surface area contributed by atoms with Gasteiger partial charge in [-0.25, -0.2) is 0 Å². The minimum absolute atomic E-state index is 0.512. The minimum Gasteiger partial charge on any atom is -0.496 e. The van der Waals surface area contributed by atoms with E-state index in [0.29, 0.717) is 16.9 Å². The maximum Gasteiger partial charge on any atom is 0.235 e. The summed E-state index contributed by atoms with van der Waals surface area (Å²) in [5.74, 6) is 1.42. The molecule has 1 aromatic heterocycles. The van der Waals surface area contributed by atoms with E-state index in [-0.39, 0.29) is 0 Å². The van der Waals surface area contributed by atoms with Crippen molar-refractivity contribution in [2.24, 2.45) is 0 Å². The predicted molar refractivity (Wildman–Crippen MR) is 68.3 cm³/mol. The van der Waals surface area contributed by atoms with Gasteiger partial charge >= 0.3 is 0 Å². The van der Waals surface area contributed by atoms with Crippen molar-refractivity contribution in [3.05, 3.63) is 45.3 Å². The molecule has 0 atom stereocenters. The maximum absolute atomic E-state index is 10.3. The Bertz CT molecular complexity index is 640.